The molecule has 24 heavy (non-hydrogen) atoms. The first-order valence-corrected chi connectivity index (χ1v) is 8.92. The van der Waals surface area contributed by atoms with Crippen LogP contribution in [-0.4, -0.2) is 45.6 Å². The molecule has 1 aromatic rings. The molecule has 0 radical (unpaired) electrons. The normalized spacial score (nSPS) is 11.3. The standard InChI is InChI=1S/C12H15Cl2N3O6S/c1-2-23-11(18)7-15-3-4-16-24(21,22)12-9(14)5-8(13)6-10(12)17(19)20/h5-6,15-16H,2-4,7H2,1H3. The van der Waals surface area contributed by atoms with Crippen LogP contribution in [0.3, 0.4) is 0 Å². The number of sulfonamides is 1. The van der Waals surface area contributed by atoms with Gasteiger partial charge in [-0.05, 0) is 13.0 Å². The average molecular weight is 400 g/mol. The van der Waals surface area contributed by atoms with Crippen LogP contribution in [0.15, 0.2) is 17.0 Å². The summed E-state index contributed by atoms with van der Waals surface area (Å²) in [5.74, 6) is -0.475. The van der Waals surface area contributed by atoms with E-state index in [1.54, 1.807) is 6.92 Å². The maximum Gasteiger partial charge on any atom is 0.319 e. The molecule has 0 aliphatic heterocycles. The predicted molar refractivity (Wildman–Crippen MR) is 87.8 cm³/mol. The zero-order chi connectivity index (χ0) is 18.3. The summed E-state index contributed by atoms with van der Waals surface area (Å²) < 4.78 is 31.3. The number of ether oxygens (including phenoxy) is 1. The smallest absolute Gasteiger partial charge is 0.319 e. The Kier molecular flexibility index (Phi) is 7.84. The lowest BCUT2D eigenvalue weighted by molar-refractivity contribution is -0.387. The van der Waals surface area contributed by atoms with Crippen molar-refractivity contribution in [2.75, 3.05) is 26.2 Å². The molecule has 134 valence electrons. The Morgan fingerprint density at radius 1 is 1.33 bits per heavy atom. The van der Waals surface area contributed by atoms with Crippen LogP contribution in [0.4, 0.5) is 5.69 Å². The highest BCUT2D eigenvalue weighted by Crippen LogP contribution is 2.34. The number of nitrogens with zero attached hydrogens (tertiary/aromatic N) is 1. The van der Waals surface area contributed by atoms with E-state index in [-0.39, 0.29) is 36.3 Å². The quantitative estimate of drug-likeness (QED) is 0.277. The number of nitro groups is 1. The number of hydrogen-bond acceptors (Lipinski definition) is 7. The van der Waals surface area contributed by atoms with Gasteiger partial charge in [-0.3, -0.25) is 14.9 Å². The first-order chi connectivity index (χ1) is 11.2. The third kappa shape index (κ3) is 5.87. The molecule has 0 aliphatic carbocycles. The van der Waals surface area contributed by atoms with Crippen molar-refractivity contribution in [1.82, 2.24) is 10.0 Å². The van der Waals surface area contributed by atoms with Crippen LogP contribution in [0.5, 0.6) is 0 Å². The Morgan fingerprint density at radius 2 is 2.00 bits per heavy atom. The summed E-state index contributed by atoms with van der Waals surface area (Å²) in [5, 5.41) is 13.3. The molecule has 0 aromatic heterocycles. The molecule has 0 spiro atoms. The molecule has 1 aromatic carbocycles. The second kappa shape index (κ2) is 9.14. The number of rotatable bonds is 9. The van der Waals surface area contributed by atoms with E-state index in [1.807, 2.05) is 0 Å². The van der Waals surface area contributed by atoms with E-state index in [0.717, 1.165) is 12.1 Å². The van der Waals surface area contributed by atoms with Gasteiger partial charge in [0.05, 0.1) is 23.1 Å². The number of nitrogens with one attached hydrogen (secondary N) is 2. The number of hydrogen-bond donors (Lipinski definition) is 2. The van der Waals surface area contributed by atoms with Crippen molar-refractivity contribution in [2.45, 2.75) is 11.8 Å². The number of nitro benzene ring substituents is 1. The van der Waals surface area contributed by atoms with Crippen molar-refractivity contribution in [3.05, 3.63) is 32.3 Å². The number of benzene rings is 1. The largest absolute Gasteiger partial charge is 0.465 e. The van der Waals surface area contributed by atoms with Gasteiger partial charge >= 0.3 is 5.97 Å². The molecular weight excluding hydrogens is 385 g/mol. The van der Waals surface area contributed by atoms with Crippen molar-refractivity contribution in [3.8, 4) is 0 Å². The third-order valence-electron chi connectivity index (χ3n) is 2.62. The van der Waals surface area contributed by atoms with E-state index >= 15 is 0 Å². The van der Waals surface area contributed by atoms with E-state index < -0.39 is 31.5 Å². The van der Waals surface area contributed by atoms with Crippen LogP contribution in [0.25, 0.3) is 0 Å². The predicted octanol–water partition coefficient (Wildman–Crippen LogP) is 1.33. The average Bonchev–Trinajstić information content (AvgIpc) is 2.45. The van der Waals surface area contributed by atoms with Gasteiger partial charge in [-0.2, -0.15) is 0 Å². The molecular formula is C12H15Cl2N3O6S. The summed E-state index contributed by atoms with van der Waals surface area (Å²) in [6.07, 6.45) is 0. The zero-order valence-corrected chi connectivity index (χ0v) is 14.9. The van der Waals surface area contributed by atoms with Gasteiger partial charge in [0, 0.05) is 24.2 Å². The van der Waals surface area contributed by atoms with Gasteiger partial charge in [0.15, 0.2) is 4.90 Å². The van der Waals surface area contributed by atoms with Gasteiger partial charge < -0.3 is 10.1 Å². The summed E-state index contributed by atoms with van der Waals surface area (Å²) in [6.45, 7) is 1.81. The van der Waals surface area contributed by atoms with E-state index in [1.165, 1.54) is 0 Å². The lowest BCUT2D eigenvalue weighted by atomic mass is 10.3. The summed E-state index contributed by atoms with van der Waals surface area (Å²) in [6, 6.07) is 2.00. The minimum Gasteiger partial charge on any atom is -0.465 e. The molecule has 0 unspecified atom stereocenters. The van der Waals surface area contributed by atoms with E-state index in [2.05, 4.69) is 14.8 Å². The Hall–Kier alpha value is -1.46. The lowest BCUT2D eigenvalue weighted by Gasteiger charge is -2.10. The monoisotopic (exact) mass is 399 g/mol. The molecule has 0 heterocycles. The van der Waals surface area contributed by atoms with E-state index in [4.69, 9.17) is 23.2 Å². The van der Waals surface area contributed by atoms with Gasteiger partial charge in [0.1, 0.15) is 0 Å². The molecule has 0 aliphatic rings. The zero-order valence-electron chi connectivity index (χ0n) is 12.5. The highest BCUT2D eigenvalue weighted by atomic mass is 35.5. The van der Waals surface area contributed by atoms with Crippen molar-refractivity contribution in [3.63, 3.8) is 0 Å². The Balaban J connectivity index is 2.76. The van der Waals surface area contributed by atoms with Crippen molar-refractivity contribution >= 4 is 44.9 Å². The molecule has 0 saturated heterocycles. The molecule has 12 heteroatoms. The first-order valence-electron chi connectivity index (χ1n) is 6.68. The van der Waals surface area contributed by atoms with Crippen molar-refractivity contribution in [2.24, 2.45) is 0 Å². The van der Waals surface area contributed by atoms with Crippen LogP contribution >= 0.6 is 23.2 Å². The third-order valence-corrected chi connectivity index (χ3v) is 4.80. The van der Waals surface area contributed by atoms with Gasteiger partial charge in [-0.1, -0.05) is 23.2 Å². The molecule has 0 bridgehead atoms. The highest BCUT2D eigenvalue weighted by molar-refractivity contribution is 7.89. The summed E-state index contributed by atoms with van der Waals surface area (Å²) in [5.41, 5.74) is -0.723. The SMILES string of the molecule is CCOC(=O)CNCCNS(=O)(=O)c1c(Cl)cc(Cl)cc1[N+](=O)[O-]. The topological polar surface area (TPSA) is 128 Å². The maximum atomic E-state index is 12.2. The lowest BCUT2D eigenvalue weighted by Crippen LogP contribution is -2.34. The second-order valence-corrected chi connectivity index (χ2v) is 6.92. The van der Waals surface area contributed by atoms with E-state index in [9.17, 15) is 23.3 Å². The molecule has 9 nitrogen and oxygen atoms in total. The molecule has 2 N–H and O–H groups in total. The van der Waals surface area contributed by atoms with Crippen molar-refractivity contribution < 1.29 is 22.9 Å². The number of carbonyl (C=O) groups excluding carboxylic acids is 1. The molecule has 0 amide bonds. The Bertz CT molecular complexity index is 726. The van der Waals surface area contributed by atoms with Crippen LogP contribution < -0.4 is 10.0 Å². The van der Waals surface area contributed by atoms with Gasteiger partial charge in [0.25, 0.3) is 5.69 Å². The van der Waals surface area contributed by atoms with Gasteiger partial charge in [0.2, 0.25) is 10.0 Å². The fourth-order valence-corrected chi connectivity index (χ4v) is 3.72. The molecule has 0 atom stereocenters. The summed E-state index contributed by atoms with van der Waals surface area (Å²) in [4.78, 5) is 20.6. The molecule has 0 fully saturated rings. The van der Waals surface area contributed by atoms with Crippen LogP contribution in [-0.2, 0) is 19.6 Å². The van der Waals surface area contributed by atoms with E-state index in [0.29, 0.717) is 0 Å². The van der Waals surface area contributed by atoms with Crippen LogP contribution in [0, 0.1) is 10.1 Å². The minimum absolute atomic E-state index is 0.0539. The Morgan fingerprint density at radius 3 is 2.58 bits per heavy atom. The van der Waals surface area contributed by atoms with Crippen LogP contribution in [0.2, 0.25) is 10.0 Å². The fourth-order valence-electron chi connectivity index (χ4n) is 1.70. The first kappa shape index (κ1) is 20.6. The Labute approximate surface area is 148 Å². The van der Waals surface area contributed by atoms with Crippen molar-refractivity contribution in [1.29, 1.82) is 0 Å². The number of halogens is 2. The number of carbonyl (C=O) groups is 1. The number of esters is 1. The summed E-state index contributed by atoms with van der Waals surface area (Å²) in [7, 11) is -4.23. The minimum atomic E-state index is -4.23. The highest BCUT2D eigenvalue weighted by Gasteiger charge is 2.29. The molecule has 1 rings (SSSR count). The summed E-state index contributed by atoms with van der Waals surface area (Å²) >= 11 is 11.5. The van der Waals surface area contributed by atoms with Gasteiger partial charge in [-0.15, -0.1) is 0 Å². The van der Waals surface area contributed by atoms with Crippen LogP contribution in [0.1, 0.15) is 6.92 Å². The van der Waals surface area contributed by atoms with Gasteiger partial charge in [-0.25, -0.2) is 13.1 Å². The second-order valence-electron chi connectivity index (χ2n) is 4.37. The molecule has 0 saturated carbocycles. The fraction of sp³-hybridized carbons (Fsp3) is 0.417. The maximum absolute atomic E-state index is 12.2.